The van der Waals surface area contributed by atoms with Gasteiger partial charge in [-0.2, -0.15) is 8.78 Å². The number of hydrogen-bond acceptors (Lipinski definition) is 3. The van der Waals surface area contributed by atoms with Crippen molar-refractivity contribution in [3.63, 3.8) is 0 Å². The molecule has 3 N–H and O–H groups in total. The summed E-state index contributed by atoms with van der Waals surface area (Å²) in [5, 5.41) is 8.61. The highest BCUT2D eigenvalue weighted by atomic mass is 79.9. The largest absolute Gasteiger partial charge is 0.481 e. The summed E-state index contributed by atoms with van der Waals surface area (Å²) in [4.78, 5) is 10.5. The first kappa shape index (κ1) is 13.9. The van der Waals surface area contributed by atoms with Crippen molar-refractivity contribution in [1.29, 1.82) is 0 Å². The summed E-state index contributed by atoms with van der Waals surface area (Å²) in [6.45, 7) is -2.98. The molecule has 17 heavy (non-hydrogen) atoms. The molecule has 4 nitrogen and oxygen atoms in total. The Balaban J connectivity index is 3.01. The minimum absolute atomic E-state index is 0.114. The van der Waals surface area contributed by atoms with Crippen molar-refractivity contribution < 1.29 is 23.4 Å². The molecule has 0 saturated carbocycles. The molecule has 0 saturated heterocycles. The number of carbonyl (C=O) groups is 1. The van der Waals surface area contributed by atoms with Crippen LogP contribution in [0.15, 0.2) is 22.7 Å². The Hall–Kier alpha value is -1.21. The second-order valence-electron chi connectivity index (χ2n) is 3.27. The first-order chi connectivity index (χ1) is 7.90. The van der Waals surface area contributed by atoms with Crippen molar-refractivity contribution in [2.24, 2.45) is 5.73 Å². The average Bonchev–Trinajstić information content (AvgIpc) is 2.19. The maximum atomic E-state index is 12.1. The molecule has 1 rings (SSSR count). The summed E-state index contributed by atoms with van der Waals surface area (Å²) < 4.78 is 29.2. The minimum atomic E-state index is -2.98. The Labute approximate surface area is 104 Å². The zero-order chi connectivity index (χ0) is 13.0. The Morgan fingerprint density at radius 1 is 1.53 bits per heavy atom. The van der Waals surface area contributed by atoms with E-state index in [9.17, 15) is 13.6 Å². The van der Waals surface area contributed by atoms with E-state index in [4.69, 9.17) is 10.8 Å². The maximum Gasteiger partial charge on any atom is 0.387 e. The molecule has 1 atom stereocenters. The predicted octanol–water partition coefficient (Wildman–Crippen LogP) is 2.53. The fraction of sp³-hybridized carbons (Fsp3) is 0.300. The minimum Gasteiger partial charge on any atom is -0.481 e. The lowest BCUT2D eigenvalue weighted by molar-refractivity contribution is -0.137. The molecule has 0 aliphatic heterocycles. The van der Waals surface area contributed by atoms with Crippen molar-refractivity contribution in [1.82, 2.24) is 0 Å². The molecule has 7 heteroatoms. The number of alkyl halides is 2. The SMILES string of the molecule is NC(CC(=O)O)c1cc(Br)ccc1OC(F)F. The lowest BCUT2D eigenvalue weighted by Gasteiger charge is -2.15. The van der Waals surface area contributed by atoms with Crippen LogP contribution >= 0.6 is 15.9 Å². The molecule has 1 aromatic carbocycles. The normalized spacial score (nSPS) is 12.5. The van der Waals surface area contributed by atoms with Crippen molar-refractivity contribution in [3.8, 4) is 5.75 Å². The lowest BCUT2D eigenvalue weighted by Crippen LogP contribution is -2.17. The summed E-state index contributed by atoms with van der Waals surface area (Å²) in [7, 11) is 0. The number of carboxylic acid groups (broad SMARTS) is 1. The van der Waals surface area contributed by atoms with Gasteiger partial charge in [0.1, 0.15) is 5.75 Å². The predicted molar refractivity (Wildman–Crippen MR) is 60.0 cm³/mol. The molecule has 0 aromatic heterocycles. The van der Waals surface area contributed by atoms with E-state index in [1.807, 2.05) is 0 Å². The Morgan fingerprint density at radius 2 is 2.18 bits per heavy atom. The third kappa shape index (κ3) is 4.27. The summed E-state index contributed by atoms with van der Waals surface area (Å²) in [5.41, 5.74) is 5.84. The molecule has 0 aliphatic rings. The number of ether oxygens (including phenoxy) is 1. The van der Waals surface area contributed by atoms with E-state index in [2.05, 4.69) is 20.7 Å². The number of aliphatic carboxylic acids is 1. The van der Waals surface area contributed by atoms with Gasteiger partial charge >= 0.3 is 12.6 Å². The summed E-state index contributed by atoms with van der Waals surface area (Å²) in [6.07, 6.45) is -0.365. The number of rotatable bonds is 5. The first-order valence-electron chi connectivity index (χ1n) is 4.61. The van der Waals surface area contributed by atoms with Gasteiger partial charge in [0.05, 0.1) is 6.42 Å². The summed E-state index contributed by atoms with van der Waals surface area (Å²) in [6, 6.07) is 3.38. The average molecular weight is 310 g/mol. The van der Waals surface area contributed by atoms with Crippen LogP contribution in [0.3, 0.4) is 0 Å². The molecule has 1 aromatic rings. The van der Waals surface area contributed by atoms with Gasteiger partial charge in [-0.25, -0.2) is 0 Å². The monoisotopic (exact) mass is 309 g/mol. The fourth-order valence-electron chi connectivity index (χ4n) is 1.31. The molecular formula is C10H10BrF2NO3. The van der Waals surface area contributed by atoms with Crippen molar-refractivity contribution >= 4 is 21.9 Å². The highest BCUT2D eigenvalue weighted by Gasteiger charge is 2.18. The highest BCUT2D eigenvalue weighted by Crippen LogP contribution is 2.30. The number of carboxylic acids is 1. The van der Waals surface area contributed by atoms with E-state index in [1.54, 1.807) is 0 Å². The second kappa shape index (κ2) is 5.92. The van der Waals surface area contributed by atoms with Crippen LogP contribution in [0.4, 0.5) is 8.78 Å². The van der Waals surface area contributed by atoms with Gasteiger partial charge in [0.25, 0.3) is 0 Å². The Morgan fingerprint density at radius 3 is 2.71 bits per heavy atom. The van der Waals surface area contributed by atoms with Gasteiger partial charge in [-0.1, -0.05) is 15.9 Å². The molecule has 0 fully saturated rings. The van der Waals surface area contributed by atoms with Crippen molar-refractivity contribution in [2.45, 2.75) is 19.1 Å². The Kier molecular flexibility index (Phi) is 4.83. The first-order valence-corrected chi connectivity index (χ1v) is 5.41. The van der Waals surface area contributed by atoms with Crippen LogP contribution in [-0.2, 0) is 4.79 Å². The zero-order valence-corrected chi connectivity index (χ0v) is 10.2. The van der Waals surface area contributed by atoms with Crippen LogP contribution in [0.25, 0.3) is 0 Å². The van der Waals surface area contributed by atoms with Gasteiger partial charge in [0, 0.05) is 16.1 Å². The molecule has 0 amide bonds. The quantitative estimate of drug-likeness (QED) is 0.876. The van der Waals surface area contributed by atoms with Gasteiger partial charge in [-0.15, -0.1) is 0 Å². The van der Waals surface area contributed by atoms with Crippen LogP contribution in [0, 0.1) is 0 Å². The highest BCUT2D eigenvalue weighted by molar-refractivity contribution is 9.10. The smallest absolute Gasteiger partial charge is 0.387 e. The summed E-state index contributed by atoms with van der Waals surface area (Å²) in [5.74, 6) is -1.22. The van der Waals surface area contributed by atoms with Crippen LogP contribution in [-0.4, -0.2) is 17.7 Å². The molecule has 0 spiro atoms. The number of hydrogen-bond donors (Lipinski definition) is 2. The van der Waals surface area contributed by atoms with Crippen LogP contribution in [0.2, 0.25) is 0 Å². The van der Waals surface area contributed by atoms with Gasteiger partial charge in [0.2, 0.25) is 0 Å². The second-order valence-corrected chi connectivity index (χ2v) is 4.18. The standard InChI is InChI=1S/C10H10BrF2NO3/c11-5-1-2-8(17-10(12)13)6(3-5)7(14)4-9(15)16/h1-3,7,10H,4,14H2,(H,15,16). The van der Waals surface area contributed by atoms with Crippen molar-refractivity contribution in [3.05, 3.63) is 28.2 Å². The molecule has 1 unspecified atom stereocenters. The molecule has 0 radical (unpaired) electrons. The third-order valence-electron chi connectivity index (χ3n) is 1.98. The molecule has 0 aliphatic carbocycles. The fourth-order valence-corrected chi connectivity index (χ4v) is 1.69. The lowest BCUT2D eigenvalue weighted by atomic mass is 10.0. The van der Waals surface area contributed by atoms with Crippen LogP contribution < -0.4 is 10.5 Å². The molecule has 0 bridgehead atoms. The van der Waals surface area contributed by atoms with E-state index in [0.29, 0.717) is 4.47 Å². The molecule has 94 valence electrons. The zero-order valence-electron chi connectivity index (χ0n) is 8.57. The maximum absolute atomic E-state index is 12.1. The van der Waals surface area contributed by atoms with Crippen LogP contribution in [0.1, 0.15) is 18.0 Å². The van der Waals surface area contributed by atoms with Gasteiger partial charge in [-0.05, 0) is 18.2 Å². The Bertz CT molecular complexity index is 415. The van der Waals surface area contributed by atoms with Crippen LogP contribution in [0.5, 0.6) is 5.75 Å². The number of halogens is 3. The molecule has 0 heterocycles. The number of nitrogens with two attached hydrogens (primary N) is 1. The van der Waals surface area contributed by atoms with E-state index in [1.165, 1.54) is 18.2 Å². The molecular weight excluding hydrogens is 300 g/mol. The van der Waals surface area contributed by atoms with E-state index in [-0.39, 0.29) is 17.7 Å². The van der Waals surface area contributed by atoms with Gasteiger partial charge < -0.3 is 15.6 Å². The summed E-state index contributed by atoms with van der Waals surface area (Å²) >= 11 is 3.15. The third-order valence-corrected chi connectivity index (χ3v) is 2.48. The number of benzene rings is 1. The van der Waals surface area contributed by atoms with E-state index < -0.39 is 18.6 Å². The van der Waals surface area contributed by atoms with E-state index >= 15 is 0 Å². The van der Waals surface area contributed by atoms with Gasteiger partial charge in [-0.3, -0.25) is 4.79 Å². The van der Waals surface area contributed by atoms with Crippen molar-refractivity contribution in [2.75, 3.05) is 0 Å². The van der Waals surface area contributed by atoms with Gasteiger partial charge in [0.15, 0.2) is 0 Å². The van der Waals surface area contributed by atoms with E-state index in [0.717, 1.165) is 0 Å². The topological polar surface area (TPSA) is 72.6 Å².